The fourth-order valence-electron chi connectivity index (χ4n) is 2.55. The molecule has 10 heteroatoms. The van der Waals surface area contributed by atoms with Crippen LogP contribution in [0, 0.1) is 6.92 Å². The van der Waals surface area contributed by atoms with Crippen molar-refractivity contribution in [3.8, 4) is 0 Å². The van der Waals surface area contributed by atoms with Crippen LogP contribution in [0.1, 0.15) is 22.5 Å². The van der Waals surface area contributed by atoms with Crippen LogP contribution in [0.15, 0.2) is 29.6 Å². The van der Waals surface area contributed by atoms with Crippen molar-refractivity contribution in [3.05, 3.63) is 40.9 Å². The van der Waals surface area contributed by atoms with E-state index >= 15 is 0 Å². The van der Waals surface area contributed by atoms with E-state index < -0.39 is 15.9 Å². The normalized spacial score (nSPS) is 18.3. The lowest BCUT2D eigenvalue weighted by atomic mass is 10.2. The van der Waals surface area contributed by atoms with Gasteiger partial charge in [-0.05, 0) is 37.6 Å². The molecule has 1 aliphatic heterocycles. The molecule has 1 atom stereocenters. The number of anilines is 2. The van der Waals surface area contributed by atoms with Crippen molar-refractivity contribution >= 4 is 43.9 Å². The van der Waals surface area contributed by atoms with Crippen molar-refractivity contribution in [1.29, 1.82) is 0 Å². The Kier molecular flexibility index (Phi) is 5.23. The van der Waals surface area contributed by atoms with Gasteiger partial charge in [0.15, 0.2) is 15.0 Å². The molecule has 0 bridgehead atoms. The molecule has 0 radical (unpaired) electrons. The van der Waals surface area contributed by atoms with Crippen molar-refractivity contribution in [2.45, 2.75) is 19.4 Å². The Morgan fingerprint density at radius 3 is 2.50 bits per heavy atom. The number of benzene rings is 1. The van der Waals surface area contributed by atoms with E-state index in [9.17, 15) is 18.0 Å². The third-order valence-electron chi connectivity index (χ3n) is 3.81. The molecule has 0 spiro atoms. The lowest BCUT2D eigenvalue weighted by Crippen LogP contribution is -2.38. The van der Waals surface area contributed by atoms with Crippen molar-refractivity contribution in [1.82, 2.24) is 10.3 Å². The standard InChI is InChI=1S/C16H18N4O4S2/c1-10-8-25-16(17-10)20-14(21)11-2-4-12(5-3-11)18-15(22)19-13-6-7-26(23,24)9-13/h2-5,8,13H,6-7,9H2,1H3,(H,17,20,21)(H2,18,19,22)/t13-/m1/s1. The largest absolute Gasteiger partial charge is 0.334 e. The van der Waals surface area contributed by atoms with E-state index in [1.807, 2.05) is 12.3 Å². The number of rotatable bonds is 4. The number of aryl methyl sites for hydroxylation is 1. The predicted molar refractivity (Wildman–Crippen MR) is 100 cm³/mol. The van der Waals surface area contributed by atoms with Crippen LogP contribution < -0.4 is 16.0 Å². The van der Waals surface area contributed by atoms with Crippen LogP contribution in [0.2, 0.25) is 0 Å². The fraction of sp³-hybridized carbons (Fsp3) is 0.312. The summed E-state index contributed by atoms with van der Waals surface area (Å²) in [4.78, 5) is 28.3. The molecule has 8 nitrogen and oxygen atoms in total. The molecule has 1 saturated heterocycles. The van der Waals surface area contributed by atoms with Crippen molar-refractivity contribution in [3.63, 3.8) is 0 Å². The molecule has 3 rings (SSSR count). The summed E-state index contributed by atoms with van der Waals surface area (Å²) >= 11 is 1.35. The monoisotopic (exact) mass is 394 g/mol. The average Bonchev–Trinajstić information content (AvgIpc) is 3.12. The Hall–Kier alpha value is -2.46. The van der Waals surface area contributed by atoms with Crippen molar-refractivity contribution in [2.75, 3.05) is 22.1 Å². The highest BCUT2D eigenvalue weighted by molar-refractivity contribution is 7.91. The number of nitrogens with zero attached hydrogens (tertiary/aromatic N) is 1. The first kappa shape index (κ1) is 18.3. The SMILES string of the molecule is Cc1csc(NC(=O)c2ccc(NC(=O)N[C@@H]3CCS(=O)(=O)C3)cc2)n1. The van der Waals surface area contributed by atoms with E-state index in [1.165, 1.54) is 11.3 Å². The third kappa shape index (κ3) is 4.79. The quantitative estimate of drug-likeness (QED) is 0.733. The number of amides is 3. The lowest BCUT2D eigenvalue weighted by molar-refractivity contribution is 0.102. The van der Waals surface area contributed by atoms with E-state index in [1.54, 1.807) is 24.3 Å². The summed E-state index contributed by atoms with van der Waals surface area (Å²) in [5.41, 5.74) is 1.78. The maximum atomic E-state index is 12.1. The number of nitrogens with one attached hydrogen (secondary N) is 3. The van der Waals surface area contributed by atoms with Gasteiger partial charge in [-0.3, -0.25) is 10.1 Å². The van der Waals surface area contributed by atoms with Gasteiger partial charge in [0.05, 0.1) is 17.2 Å². The number of thiazole rings is 1. The number of sulfone groups is 1. The molecule has 1 aromatic heterocycles. The van der Waals surface area contributed by atoms with Crippen LogP contribution in [-0.4, -0.2) is 42.9 Å². The predicted octanol–water partition coefficient (Wildman–Crippen LogP) is 2.01. The second kappa shape index (κ2) is 7.42. The molecule has 2 aromatic rings. The van der Waals surface area contributed by atoms with Gasteiger partial charge in [-0.2, -0.15) is 0 Å². The maximum Gasteiger partial charge on any atom is 0.319 e. The zero-order valence-corrected chi connectivity index (χ0v) is 15.6. The van der Waals surface area contributed by atoms with E-state index in [0.717, 1.165) is 5.69 Å². The minimum absolute atomic E-state index is 0.0320. The molecule has 0 unspecified atom stereocenters. The number of carbonyl (C=O) groups excluding carboxylic acids is 2. The number of hydrogen-bond acceptors (Lipinski definition) is 6. The second-order valence-electron chi connectivity index (χ2n) is 6.02. The summed E-state index contributed by atoms with van der Waals surface area (Å²) in [5.74, 6) is -0.220. The Morgan fingerprint density at radius 2 is 1.92 bits per heavy atom. The van der Waals surface area contributed by atoms with Crippen LogP contribution in [-0.2, 0) is 9.84 Å². The summed E-state index contributed by atoms with van der Waals surface area (Å²) in [6.45, 7) is 1.85. The molecular formula is C16H18N4O4S2. The highest BCUT2D eigenvalue weighted by Gasteiger charge is 2.28. The Bertz CT molecular complexity index is 922. The van der Waals surface area contributed by atoms with Gasteiger partial charge in [0.25, 0.3) is 5.91 Å². The zero-order valence-electron chi connectivity index (χ0n) is 14.0. The topological polar surface area (TPSA) is 117 Å². The van der Waals surface area contributed by atoms with E-state index in [0.29, 0.717) is 22.8 Å². The summed E-state index contributed by atoms with van der Waals surface area (Å²) in [6.07, 6.45) is 0.422. The molecule has 0 saturated carbocycles. The van der Waals surface area contributed by atoms with E-state index in [-0.39, 0.29) is 23.5 Å². The molecule has 3 amide bonds. The maximum absolute atomic E-state index is 12.1. The first-order valence-electron chi connectivity index (χ1n) is 7.92. The zero-order chi connectivity index (χ0) is 18.7. The van der Waals surface area contributed by atoms with Gasteiger partial charge >= 0.3 is 6.03 Å². The van der Waals surface area contributed by atoms with Crippen LogP contribution in [0.25, 0.3) is 0 Å². The Labute approximate surface area is 154 Å². The Morgan fingerprint density at radius 1 is 1.19 bits per heavy atom. The Balaban J connectivity index is 1.54. The average molecular weight is 394 g/mol. The van der Waals surface area contributed by atoms with Crippen molar-refractivity contribution < 1.29 is 18.0 Å². The molecule has 138 valence electrons. The summed E-state index contributed by atoms with van der Waals surface area (Å²) in [7, 11) is -3.04. The van der Waals surface area contributed by atoms with Crippen molar-refractivity contribution in [2.24, 2.45) is 0 Å². The molecule has 1 aromatic carbocycles. The minimum atomic E-state index is -3.04. The van der Waals surface area contributed by atoms with Crippen LogP contribution in [0.3, 0.4) is 0 Å². The third-order valence-corrected chi connectivity index (χ3v) is 6.46. The first-order chi connectivity index (χ1) is 12.3. The molecule has 1 fully saturated rings. The van der Waals surface area contributed by atoms with Crippen LogP contribution in [0.5, 0.6) is 0 Å². The summed E-state index contributed by atoms with van der Waals surface area (Å²) in [5, 5.41) is 10.3. The molecular weight excluding hydrogens is 376 g/mol. The van der Waals surface area contributed by atoms with Gasteiger partial charge in [0, 0.05) is 22.7 Å². The van der Waals surface area contributed by atoms with Crippen LogP contribution >= 0.6 is 11.3 Å². The molecule has 26 heavy (non-hydrogen) atoms. The fourth-order valence-corrected chi connectivity index (χ4v) is 4.90. The smallest absolute Gasteiger partial charge is 0.319 e. The number of carbonyl (C=O) groups is 2. The van der Waals surface area contributed by atoms with Gasteiger partial charge in [-0.1, -0.05) is 0 Å². The summed E-state index contributed by atoms with van der Waals surface area (Å²) < 4.78 is 22.8. The second-order valence-corrected chi connectivity index (χ2v) is 9.11. The minimum Gasteiger partial charge on any atom is -0.334 e. The first-order valence-corrected chi connectivity index (χ1v) is 10.6. The number of aromatic nitrogens is 1. The highest BCUT2D eigenvalue weighted by Crippen LogP contribution is 2.17. The van der Waals surface area contributed by atoms with Gasteiger partial charge in [0.1, 0.15) is 0 Å². The van der Waals surface area contributed by atoms with Gasteiger partial charge in [-0.15, -0.1) is 11.3 Å². The molecule has 0 aliphatic carbocycles. The molecule has 3 N–H and O–H groups in total. The highest BCUT2D eigenvalue weighted by atomic mass is 32.2. The molecule has 2 heterocycles. The summed E-state index contributed by atoms with van der Waals surface area (Å²) in [6, 6.07) is 5.55. The van der Waals surface area contributed by atoms with Gasteiger partial charge < -0.3 is 10.6 Å². The van der Waals surface area contributed by atoms with Gasteiger partial charge in [0.2, 0.25) is 0 Å². The number of hydrogen-bond donors (Lipinski definition) is 3. The van der Waals surface area contributed by atoms with Crippen LogP contribution in [0.4, 0.5) is 15.6 Å². The van der Waals surface area contributed by atoms with Gasteiger partial charge in [-0.25, -0.2) is 18.2 Å². The van der Waals surface area contributed by atoms with E-state index in [4.69, 9.17) is 0 Å². The lowest BCUT2D eigenvalue weighted by Gasteiger charge is -2.12. The number of urea groups is 1. The molecule has 1 aliphatic rings. The van der Waals surface area contributed by atoms with E-state index in [2.05, 4.69) is 20.9 Å².